The van der Waals surface area contributed by atoms with Gasteiger partial charge in [0.15, 0.2) is 0 Å². The summed E-state index contributed by atoms with van der Waals surface area (Å²) >= 11 is 0.956. The zero-order chi connectivity index (χ0) is 13.0. The van der Waals surface area contributed by atoms with Crippen LogP contribution in [-0.2, 0) is 4.79 Å². The number of carbonyl (C=O) groups is 1. The lowest BCUT2D eigenvalue weighted by atomic mass is 10.3. The lowest BCUT2D eigenvalue weighted by Gasteiger charge is -2.01. The minimum absolute atomic E-state index is 0.133. The minimum Gasteiger partial charge on any atom is -0.481 e. The Morgan fingerprint density at radius 2 is 2.39 bits per heavy atom. The number of aromatic nitrogens is 3. The molecule has 0 spiro atoms. The second kappa shape index (κ2) is 5.50. The minimum atomic E-state index is -0.946. The maximum atomic E-state index is 10.4. The van der Waals surface area contributed by atoms with Gasteiger partial charge in [-0.05, 0) is 12.1 Å². The van der Waals surface area contributed by atoms with Crippen molar-refractivity contribution in [3.63, 3.8) is 0 Å². The SMILES string of the molecule is COc1ncccc1-c1nnc(SCC(=O)O)o1. The first-order chi connectivity index (χ1) is 8.70. The van der Waals surface area contributed by atoms with Gasteiger partial charge in [0.05, 0.1) is 7.11 Å². The van der Waals surface area contributed by atoms with Crippen LogP contribution in [0.4, 0.5) is 0 Å². The first-order valence-corrected chi connectivity index (χ1v) is 5.86. The summed E-state index contributed by atoms with van der Waals surface area (Å²) in [6, 6.07) is 3.44. The van der Waals surface area contributed by atoms with Crippen LogP contribution >= 0.6 is 11.8 Å². The van der Waals surface area contributed by atoms with E-state index in [0.717, 1.165) is 11.8 Å². The first-order valence-electron chi connectivity index (χ1n) is 4.88. The molecule has 0 aliphatic carbocycles. The fourth-order valence-electron chi connectivity index (χ4n) is 1.22. The van der Waals surface area contributed by atoms with Crippen LogP contribution in [0.15, 0.2) is 28.0 Å². The van der Waals surface area contributed by atoms with E-state index >= 15 is 0 Å². The van der Waals surface area contributed by atoms with Gasteiger partial charge < -0.3 is 14.3 Å². The van der Waals surface area contributed by atoms with E-state index in [9.17, 15) is 4.79 Å². The molecule has 0 unspecified atom stereocenters. The second-order valence-corrected chi connectivity index (χ2v) is 4.04. The van der Waals surface area contributed by atoms with E-state index in [1.165, 1.54) is 7.11 Å². The highest BCUT2D eigenvalue weighted by atomic mass is 32.2. The smallest absolute Gasteiger partial charge is 0.314 e. The van der Waals surface area contributed by atoms with Crippen LogP contribution in [-0.4, -0.2) is 39.1 Å². The summed E-state index contributed by atoms with van der Waals surface area (Å²) in [5, 5.41) is 16.3. The van der Waals surface area contributed by atoms with Crippen molar-refractivity contribution in [2.45, 2.75) is 5.22 Å². The number of carboxylic acid groups (broad SMARTS) is 1. The number of thioether (sulfide) groups is 1. The molecule has 0 aromatic carbocycles. The van der Waals surface area contributed by atoms with Gasteiger partial charge in [-0.2, -0.15) is 0 Å². The van der Waals surface area contributed by atoms with Crippen molar-refractivity contribution in [2.24, 2.45) is 0 Å². The van der Waals surface area contributed by atoms with Crippen LogP contribution < -0.4 is 4.74 Å². The Bertz CT molecular complexity index is 558. The molecule has 7 nitrogen and oxygen atoms in total. The summed E-state index contributed by atoms with van der Waals surface area (Å²) in [6.45, 7) is 0. The Balaban J connectivity index is 2.21. The largest absolute Gasteiger partial charge is 0.481 e. The Kier molecular flexibility index (Phi) is 3.78. The summed E-state index contributed by atoms with van der Waals surface area (Å²) in [7, 11) is 1.49. The monoisotopic (exact) mass is 267 g/mol. The molecular formula is C10H9N3O4S. The van der Waals surface area contributed by atoms with E-state index in [0.29, 0.717) is 11.4 Å². The number of rotatable bonds is 5. The maximum Gasteiger partial charge on any atom is 0.314 e. The molecule has 0 bridgehead atoms. The predicted octanol–water partition coefficient (Wildman–Crippen LogP) is 1.32. The molecule has 2 heterocycles. The Morgan fingerprint density at radius 1 is 1.56 bits per heavy atom. The van der Waals surface area contributed by atoms with Gasteiger partial charge in [-0.3, -0.25) is 4.79 Å². The highest BCUT2D eigenvalue weighted by Crippen LogP contribution is 2.28. The molecular weight excluding hydrogens is 258 g/mol. The summed E-state index contributed by atoms with van der Waals surface area (Å²) in [5.74, 6) is -0.464. The average molecular weight is 267 g/mol. The van der Waals surface area contributed by atoms with Crippen LogP contribution in [0, 0.1) is 0 Å². The zero-order valence-corrected chi connectivity index (χ0v) is 10.2. The third-order valence-electron chi connectivity index (χ3n) is 1.92. The average Bonchev–Trinajstić information content (AvgIpc) is 2.85. The summed E-state index contributed by atoms with van der Waals surface area (Å²) < 4.78 is 10.4. The van der Waals surface area contributed by atoms with Gasteiger partial charge in [0.1, 0.15) is 11.3 Å². The van der Waals surface area contributed by atoms with E-state index in [2.05, 4.69) is 15.2 Å². The van der Waals surface area contributed by atoms with Crippen molar-refractivity contribution < 1.29 is 19.1 Å². The van der Waals surface area contributed by atoms with Crippen molar-refractivity contribution in [3.8, 4) is 17.3 Å². The third kappa shape index (κ3) is 2.77. The Labute approximate surface area is 106 Å². The molecule has 0 aliphatic rings. The fraction of sp³-hybridized carbons (Fsp3) is 0.200. The highest BCUT2D eigenvalue weighted by molar-refractivity contribution is 7.99. The van der Waals surface area contributed by atoms with Crippen LogP contribution in [0.25, 0.3) is 11.5 Å². The number of hydrogen-bond acceptors (Lipinski definition) is 7. The molecule has 0 saturated carbocycles. The zero-order valence-electron chi connectivity index (χ0n) is 9.36. The Hall–Kier alpha value is -2.09. The topological polar surface area (TPSA) is 98.3 Å². The van der Waals surface area contributed by atoms with Crippen molar-refractivity contribution in [1.29, 1.82) is 0 Å². The van der Waals surface area contributed by atoms with Gasteiger partial charge in [0, 0.05) is 6.20 Å². The van der Waals surface area contributed by atoms with Gasteiger partial charge in [-0.25, -0.2) is 4.98 Å². The molecule has 8 heteroatoms. The normalized spacial score (nSPS) is 10.3. The number of nitrogens with zero attached hydrogens (tertiary/aromatic N) is 3. The van der Waals surface area contributed by atoms with Crippen LogP contribution in [0.2, 0.25) is 0 Å². The molecule has 0 aliphatic heterocycles. The van der Waals surface area contributed by atoms with Crippen LogP contribution in [0.3, 0.4) is 0 Å². The fourth-order valence-corrected chi connectivity index (χ4v) is 1.70. The van der Waals surface area contributed by atoms with Gasteiger partial charge >= 0.3 is 5.97 Å². The molecule has 18 heavy (non-hydrogen) atoms. The molecule has 0 fully saturated rings. The number of methoxy groups -OCH3 is 1. The van der Waals surface area contributed by atoms with Gasteiger partial charge in [-0.15, -0.1) is 10.2 Å². The number of pyridine rings is 1. The van der Waals surface area contributed by atoms with Gasteiger partial charge in [0.2, 0.25) is 5.88 Å². The molecule has 1 N–H and O–H groups in total. The van der Waals surface area contributed by atoms with Gasteiger partial charge in [-0.1, -0.05) is 11.8 Å². The number of ether oxygens (including phenoxy) is 1. The van der Waals surface area contributed by atoms with Crippen LogP contribution in [0.5, 0.6) is 5.88 Å². The van der Waals surface area contributed by atoms with E-state index in [4.69, 9.17) is 14.3 Å². The Morgan fingerprint density at radius 3 is 3.11 bits per heavy atom. The molecule has 2 aromatic rings. The van der Waals surface area contributed by atoms with Crippen molar-refractivity contribution >= 4 is 17.7 Å². The van der Waals surface area contributed by atoms with Crippen molar-refractivity contribution in [1.82, 2.24) is 15.2 Å². The summed E-state index contributed by atoms with van der Waals surface area (Å²) in [6.07, 6.45) is 1.58. The molecule has 0 amide bonds. The lowest BCUT2D eigenvalue weighted by Crippen LogP contribution is -1.97. The second-order valence-electron chi connectivity index (χ2n) is 3.12. The molecule has 2 aromatic heterocycles. The van der Waals surface area contributed by atoms with E-state index < -0.39 is 5.97 Å². The van der Waals surface area contributed by atoms with Gasteiger partial charge in [0.25, 0.3) is 11.1 Å². The molecule has 0 atom stereocenters. The van der Waals surface area contributed by atoms with Crippen molar-refractivity contribution in [2.75, 3.05) is 12.9 Å². The maximum absolute atomic E-state index is 10.4. The van der Waals surface area contributed by atoms with Crippen molar-refractivity contribution in [3.05, 3.63) is 18.3 Å². The predicted molar refractivity (Wildman–Crippen MR) is 62.4 cm³/mol. The number of hydrogen-bond donors (Lipinski definition) is 1. The molecule has 0 radical (unpaired) electrons. The number of carboxylic acids is 1. The molecule has 94 valence electrons. The summed E-state index contributed by atoms with van der Waals surface area (Å²) in [4.78, 5) is 14.4. The van der Waals surface area contributed by atoms with E-state index in [1.807, 2.05) is 0 Å². The highest BCUT2D eigenvalue weighted by Gasteiger charge is 2.14. The van der Waals surface area contributed by atoms with E-state index in [1.54, 1.807) is 18.3 Å². The summed E-state index contributed by atoms with van der Waals surface area (Å²) in [5.41, 5.74) is 0.565. The third-order valence-corrected chi connectivity index (χ3v) is 2.72. The standard InChI is InChI=1S/C10H9N3O4S/c1-16-8-6(3-2-4-11-8)9-12-13-10(17-9)18-5-7(14)15/h2-4H,5H2,1H3,(H,14,15). The number of aliphatic carboxylic acids is 1. The molecule has 0 saturated heterocycles. The first kappa shape index (κ1) is 12.4. The molecule has 2 rings (SSSR count). The quantitative estimate of drug-likeness (QED) is 0.810. The van der Waals surface area contributed by atoms with Crippen LogP contribution in [0.1, 0.15) is 0 Å². The van der Waals surface area contributed by atoms with E-state index in [-0.39, 0.29) is 16.9 Å². The lowest BCUT2D eigenvalue weighted by molar-refractivity contribution is -0.133.